The van der Waals surface area contributed by atoms with E-state index in [1.165, 1.54) is 0 Å². The van der Waals surface area contributed by atoms with Crippen LogP contribution in [0.1, 0.15) is 25.5 Å². The Morgan fingerprint density at radius 1 is 1.42 bits per heavy atom. The molecule has 0 fully saturated rings. The Kier molecular flexibility index (Phi) is 2.19. The maximum atomic E-state index is 5.64. The van der Waals surface area contributed by atoms with Gasteiger partial charge in [0.1, 0.15) is 11.6 Å². The molecule has 0 spiro atoms. The summed E-state index contributed by atoms with van der Waals surface area (Å²) in [5, 5.41) is 8.08. The van der Waals surface area contributed by atoms with E-state index in [-0.39, 0.29) is 5.41 Å². The Bertz CT molecular complexity index is 275. The average molecular weight is 168 g/mol. The molecule has 1 aromatic heterocycles. The van der Waals surface area contributed by atoms with Crippen LogP contribution >= 0.6 is 0 Å². The number of rotatable bonds is 2. The summed E-state index contributed by atoms with van der Waals surface area (Å²) < 4.78 is 1.98. The minimum absolute atomic E-state index is 0.0873. The van der Waals surface area contributed by atoms with Crippen molar-refractivity contribution in [3.63, 3.8) is 0 Å². The summed E-state index contributed by atoms with van der Waals surface area (Å²) >= 11 is 0. The molecule has 1 rings (SSSR count). The van der Waals surface area contributed by atoms with E-state index in [0.717, 1.165) is 11.6 Å². The van der Waals surface area contributed by atoms with Crippen molar-refractivity contribution in [2.45, 2.75) is 26.2 Å². The van der Waals surface area contributed by atoms with E-state index in [4.69, 9.17) is 5.73 Å². The third-order valence-corrected chi connectivity index (χ3v) is 2.21. The van der Waals surface area contributed by atoms with Crippen molar-refractivity contribution < 1.29 is 0 Å². The lowest BCUT2D eigenvalue weighted by molar-refractivity contribution is 0.481. The van der Waals surface area contributed by atoms with Gasteiger partial charge in [0.05, 0.1) is 0 Å². The second-order valence-corrected chi connectivity index (χ2v) is 3.72. The maximum Gasteiger partial charge on any atom is 0.139 e. The molecule has 0 atom stereocenters. The summed E-state index contributed by atoms with van der Waals surface area (Å²) in [7, 11) is 1.96. The summed E-state index contributed by atoms with van der Waals surface area (Å²) in [4.78, 5) is 0. The van der Waals surface area contributed by atoms with Crippen LogP contribution in [0.15, 0.2) is 0 Å². The fourth-order valence-electron chi connectivity index (χ4n) is 1.09. The molecule has 1 heterocycles. The normalized spacial score (nSPS) is 12.1. The minimum atomic E-state index is -0.0873. The fraction of sp³-hybridized carbons (Fsp3) is 0.750. The van der Waals surface area contributed by atoms with Crippen molar-refractivity contribution in [1.82, 2.24) is 14.8 Å². The van der Waals surface area contributed by atoms with Crippen LogP contribution < -0.4 is 5.73 Å². The first-order valence-electron chi connectivity index (χ1n) is 4.05. The summed E-state index contributed by atoms with van der Waals surface area (Å²) in [5.74, 6) is 1.87. The van der Waals surface area contributed by atoms with E-state index in [0.29, 0.717) is 6.54 Å². The van der Waals surface area contributed by atoms with Crippen molar-refractivity contribution in [3.8, 4) is 0 Å². The molecule has 0 aliphatic heterocycles. The highest BCUT2D eigenvalue weighted by atomic mass is 15.3. The van der Waals surface area contributed by atoms with E-state index in [1.807, 2.05) is 18.5 Å². The Hall–Kier alpha value is -0.900. The highest BCUT2D eigenvalue weighted by Crippen LogP contribution is 2.18. The molecule has 0 aromatic carbocycles. The van der Waals surface area contributed by atoms with E-state index < -0.39 is 0 Å². The molecule has 0 amide bonds. The van der Waals surface area contributed by atoms with Crippen LogP contribution in [0, 0.1) is 6.92 Å². The number of nitrogens with two attached hydrogens (primary N) is 1. The molecular weight excluding hydrogens is 152 g/mol. The summed E-state index contributed by atoms with van der Waals surface area (Å²) in [6, 6.07) is 0. The van der Waals surface area contributed by atoms with Gasteiger partial charge in [-0.25, -0.2) is 0 Å². The van der Waals surface area contributed by atoms with E-state index >= 15 is 0 Å². The summed E-state index contributed by atoms with van der Waals surface area (Å²) in [6.07, 6.45) is 0. The molecule has 0 bridgehead atoms. The van der Waals surface area contributed by atoms with E-state index in [2.05, 4.69) is 24.0 Å². The first kappa shape index (κ1) is 9.19. The zero-order valence-corrected chi connectivity index (χ0v) is 8.13. The number of nitrogens with zero attached hydrogens (tertiary/aromatic N) is 3. The van der Waals surface area contributed by atoms with Crippen molar-refractivity contribution in [2.75, 3.05) is 6.54 Å². The van der Waals surface area contributed by atoms with Gasteiger partial charge in [-0.3, -0.25) is 0 Å². The molecule has 0 unspecified atom stereocenters. The van der Waals surface area contributed by atoms with Crippen LogP contribution in [0.3, 0.4) is 0 Å². The molecule has 0 saturated carbocycles. The van der Waals surface area contributed by atoms with Crippen LogP contribution in [0.5, 0.6) is 0 Å². The zero-order valence-electron chi connectivity index (χ0n) is 8.13. The molecule has 1 aromatic rings. The van der Waals surface area contributed by atoms with Gasteiger partial charge in [0, 0.05) is 19.0 Å². The van der Waals surface area contributed by atoms with Crippen molar-refractivity contribution in [2.24, 2.45) is 12.8 Å². The Labute approximate surface area is 72.8 Å². The third kappa shape index (κ3) is 1.34. The van der Waals surface area contributed by atoms with Crippen LogP contribution in [0.25, 0.3) is 0 Å². The van der Waals surface area contributed by atoms with E-state index in [1.54, 1.807) is 0 Å². The molecule has 2 N–H and O–H groups in total. The Morgan fingerprint density at radius 2 is 2.00 bits per heavy atom. The molecule has 0 saturated heterocycles. The lowest BCUT2D eigenvalue weighted by Gasteiger charge is -2.20. The lowest BCUT2D eigenvalue weighted by atomic mass is 9.93. The highest BCUT2D eigenvalue weighted by molar-refractivity contribution is 5.06. The van der Waals surface area contributed by atoms with Gasteiger partial charge in [-0.2, -0.15) is 0 Å². The van der Waals surface area contributed by atoms with Gasteiger partial charge < -0.3 is 10.3 Å². The smallest absolute Gasteiger partial charge is 0.139 e. The molecule has 0 aliphatic rings. The van der Waals surface area contributed by atoms with Crippen LogP contribution in [0.4, 0.5) is 0 Å². The highest BCUT2D eigenvalue weighted by Gasteiger charge is 2.24. The second-order valence-electron chi connectivity index (χ2n) is 3.72. The first-order valence-corrected chi connectivity index (χ1v) is 4.05. The quantitative estimate of drug-likeness (QED) is 0.693. The molecule has 4 heteroatoms. The van der Waals surface area contributed by atoms with Crippen LogP contribution in [-0.4, -0.2) is 21.3 Å². The lowest BCUT2D eigenvalue weighted by Crippen LogP contribution is -2.31. The molecule has 0 radical (unpaired) electrons. The van der Waals surface area contributed by atoms with Gasteiger partial charge in [-0.15, -0.1) is 10.2 Å². The molecule has 0 aliphatic carbocycles. The number of aromatic nitrogens is 3. The SMILES string of the molecule is Cc1nnc(C(C)(C)CN)n1C. The van der Waals surface area contributed by atoms with Crippen LogP contribution in [-0.2, 0) is 12.5 Å². The number of hydrogen-bond acceptors (Lipinski definition) is 3. The molecule has 68 valence electrons. The van der Waals surface area contributed by atoms with Gasteiger partial charge in [0.2, 0.25) is 0 Å². The first-order chi connectivity index (χ1) is 5.49. The molecular formula is C8H16N4. The number of aryl methyl sites for hydroxylation is 1. The third-order valence-electron chi connectivity index (χ3n) is 2.21. The maximum absolute atomic E-state index is 5.64. The molecule has 12 heavy (non-hydrogen) atoms. The molecule has 4 nitrogen and oxygen atoms in total. The van der Waals surface area contributed by atoms with Gasteiger partial charge in [0.25, 0.3) is 0 Å². The Balaban J connectivity index is 3.11. The van der Waals surface area contributed by atoms with Crippen molar-refractivity contribution in [1.29, 1.82) is 0 Å². The van der Waals surface area contributed by atoms with Gasteiger partial charge in [-0.05, 0) is 6.92 Å². The number of hydrogen-bond donors (Lipinski definition) is 1. The average Bonchev–Trinajstić information content (AvgIpc) is 2.33. The van der Waals surface area contributed by atoms with Gasteiger partial charge in [-0.1, -0.05) is 13.8 Å². The fourth-order valence-corrected chi connectivity index (χ4v) is 1.09. The van der Waals surface area contributed by atoms with E-state index in [9.17, 15) is 0 Å². The van der Waals surface area contributed by atoms with Gasteiger partial charge in [0.15, 0.2) is 0 Å². The largest absolute Gasteiger partial charge is 0.329 e. The van der Waals surface area contributed by atoms with Gasteiger partial charge >= 0.3 is 0 Å². The summed E-state index contributed by atoms with van der Waals surface area (Å²) in [6.45, 7) is 6.65. The monoisotopic (exact) mass is 168 g/mol. The second kappa shape index (κ2) is 2.86. The predicted octanol–water partition coefficient (Wildman–Crippen LogP) is 0.360. The standard InChI is InChI=1S/C8H16N4/c1-6-10-11-7(12(6)4)8(2,3)5-9/h5,9H2,1-4H3. The Morgan fingerprint density at radius 3 is 2.33 bits per heavy atom. The predicted molar refractivity (Wildman–Crippen MR) is 47.8 cm³/mol. The zero-order chi connectivity index (χ0) is 9.35. The van der Waals surface area contributed by atoms with Crippen molar-refractivity contribution in [3.05, 3.63) is 11.6 Å². The summed E-state index contributed by atoms with van der Waals surface area (Å²) in [5.41, 5.74) is 5.55. The topological polar surface area (TPSA) is 56.7 Å². The van der Waals surface area contributed by atoms with Crippen LogP contribution in [0.2, 0.25) is 0 Å². The minimum Gasteiger partial charge on any atom is -0.329 e. The van der Waals surface area contributed by atoms with Crippen molar-refractivity contribution >= 4 is 0 Å².